The number of esters is 1. The number of ketones is 1. The fourth-order valence-corrected chi connectivity index (χ4v) is 7.23. The predicted octanol–water partition coefficient (Wildman–Crippen LogP) is 2.37. The minimum absolute atomic E-state index is 0.121. The Kier molecular flexibility index (Phi) is 5.86. The summed E-state index contributed by atoms with van der Waals surface area (Å²) in [6.45, 7) is 1.77. The van der Waals surface area contributed by atoms with Gasteiger partial charge >= 0.3 is 5.97 Å². The molecular formula is C22H32N2O6. The number of carbonyl (C=O) groups excluding carboxylic acids is 3. The van der Waals surface area contributed by atoms with Crippen LogP contribution in [0.15, 0.2) is 0 Å². The first-order chi connectivity index (χ1) is 14.2. The van der Waals surface area contributed by atoms with E-state index in [-0.39, 0.29) is 49.0 Å². The zero-order valence-corrected chi connectivity index (χ0v) is 17.6. The van der Waals surface area contributed by atoms with Crippen LogP contribution >= 0.6 is 0 Å². The standard InChI is InChI=1S/C22H32N2O6/c1-13-2-19(25)17(18(13)10-24(28)29)6-21(27)30-11-20(26)23-12-22-7-14-3-15(8-22)5-16(4-14)9-22/h13-18H,2-12H2,1H3,(H,23,26)/t13-,14?,15?,16?,17+,18-,22?/m1/s1. The van der Waals surface area contributed by atoms with Crippen molar-refractivity contribution in [3.63, 3.8) is 0 Å². The SMILES string of the molecule is C[C@@H]1CC(=O)[C@@H](CC(=O)OCC(=O)NCC23CC4CC(CC(C4)C2)C3)[C@@H]1C[N+](=O)[O-]. The zero-order chi connectivity index (χ0) is 21.5. The van der Waals surface area contributed by atoms with E-state index in [0.29, 0.717) is 6.54 Å². The van der Waals surface area contributed by atoms with E-state index in [1.54, 1.807) is 6.92 Å². The number of amides is 1. The van der Waals surface area contributed by atoms with E-state index in [9.17, 15) is 24.5 Å². The first kappa shape index (κ1) is 21.2. The summed E-state index contributed by atoms with van der Waals surface area (Å²) in [5, 5.41) is 13.8. The van der Waals surface area contributed by atoms with Gasteiger partial charge in [0.05, 0.1) is 6.42 Å². The predicted molar refractivity (Wildman–Crippen MR) is 107 cm³/mol. The van der Waals surface area contributed by atoms with Gasteiger partial charge in [0.2, 0.25) is 6.54 Å². The van der Waals surface area contributed by atoms with Crippen molar-refractivity contribution in [2.24, 2.45) is 40.9 Å². The van der Waals surface area contributed by atoms with Crippen molar-refractivity contribution < 1.29 is 24.0 Å². The molecule has 30 heavy (non-hydrogen) atoms. The van der Waals surface area contributed by atoms with E-state index in [0.717, 1.165) is 17.8 Å². The minimum atomic E-state index is -0.687. The van der Waals surface area contributed by atoms with E-state index in [4.69, 9.17) is 4.74 Å². The highest BCUT2D eigenvalue weighted by atomic mass is 16.6. The van der Waals surface area contributed by atoms with Gasteiger partial charge < -0.3 is 10.1 Å². The number of ether oxygens (including phenoxy) is 1. The van der Waals surface area contributed by atoms with Crippen LogP contribution in [0.4, 0.5) is 0 Å². The van der Waals surface area contributed by atoms with Gasteiger partial charge in [-0.25, -0.2) is 0 Å². The van der Waals surface area contributed by atoms with Crippen LogP contribution in [-0.4, -0.2) is 42.3 Å². The molecule has 4 bridgehead atoms. The Balaban J connectivity index is 1.22. The molecule has 5 aliphatic carbocycles. The number of carbonyl (C=O) groups is 3. The molecular weight excluding hydrogens is 388 g/mol. The number of nitrogens with one attached hydrogen (secondary N) is 1. The molecule has 0 saturated heterocycles. The molecule has 3 atom stereocenters. The average Bonchev–Trinajstić information content (AvgIpc) is 2.90. The topological polar surface area (TPSA) is 116 Å². The van der Waals surface area contributed by atoms with Gasteiger partial charge in [-0.15, -0.1) is 0 Å². The van der Waals surface area contributed by atoms with E-state index in [1.165, 1.54) is 38.5 Å². The highest BCUT2D eigenvalue weighted by Gasteiger charge is 2.50. The Morgan fingerprint density at radius 3 is 2.33 bits per heavy atom. The van der Waals surface area contributed by atoms with Crippen LogP contribution in [0.3, 0.4) is 0 Å². The second kappa shape index (κ2) is 8.27. The molecule has 0 aromatic rings. The molecule has 0 radical (unpaired) electrons. The fourth-order valence-electron chi connectivity index (χ4n) is 7.23. The van der Waals surface area contributed by atoms with Crippen molar-refractivity contribution in [1.29, 1.82) is 0 Å². The maximum Gasteiger partial charge on any atom is 0.307 e. The summed E-state index contributed by atoms with van der Waals surface area (Å²) < 4.78 is 5.10. The summed E-state index contributed by atoms with van der Waals surface area (Å²) in [7, 11) is 0. The van der Waals surface area contributed by atoms with Crippen molar-refractivity contribution in [2.75, 3.05) is 19.7 Å². The second-order valence-corrected chi connectivity index (χ2v) is 10.5. The lowest BCUT2D eigenvalue weighted by Gasteiger charge is -2.56. The number of Topliss-reactive ketones (excluding diaryl/α,β-unsaturated/α-hetero) is 1. The van der Waals surface area contributed by atoms with Crippen molar-refractivity contribution in [1.82, 2.24) is 5.32 Å². The lowest BCUT2D eigenvalue weighted by atomic mass is 9.49. The Morgan fingerprint density at radius 1 is 1.17 bits per heavy atom. The van der Waals surface area contributed by atoms with Crippen LogP contribution in [0.25, 0.3) is 0 Å². The van der Waals surface area contributed by atoms with Crippen LogP contribution in [0.1, 0.15) is 58.3 Å². The molecule has 0 spiro atoms. The van der Waals surface area contributed by atoms with Crippen molar-refractivity contribution in [3.8, 4) is 0 Å². The molecule has 0 aliphatic heterocycles. The van der Waals surface area contributed by atoms with Gasteiger partial charge in [0, 0.05) is 29.7 Å². The van der Waals surface area contributed by atoms with Crippen LogP contribution < -0.4 is 5.32 Å². The van der Waals surface area contributed by atoms with Crippen molar-refractivity contribution in [2.45, 2.75) is 58.3 Å². The molecule has 5 fully saturated rings. The molecule has 0 heterocycles. The highest BCUT2D eigenvalue weighted by molar-refractivity contribution is 5.88. The van der Waals surface area contributed by atoms with Crippen molar-refractivity contribution >= 4 is 17.7 Å². The van der Waals surface area contributed by atoms with Crippen molar-refractivity contribution in [3.05, 3.63) is 10.1 Å². The van der Waals surface area contributed by atoms with E-state index >= 15 is 0 Å². The van der Waals surface area contributed by atoms with E-state index < -0.39 is 22.7 Å². The summed E-state index contributed by atoms with van der Waals surface area (Å²) in [5.41, 5.74) is 0.219. The molecule has 5 saturated carbocycles. The lowest BCUT2D eigenvalue weighted by molar-refractivity contribution is -0.490. The molecule has 0 aromatic carbocycles. The van der Waals surface area contributed by atoms with Gasteiger partial charge in [-0.2, -0.15) is 0 Å². The molecule has 1 N–H and O–H groups in total. The number of rotatable bonds is 8. The summed E-state index contributed by atoms with van der Waals surface area (Å²) in [4.78, 5) is 47.0. The Bertz CT molecular complexity index is 700. The van der Waals surface area contributed by atoms with Gasteiger partial charge in [0.15, 0.2) is 6.61 Å². The third-order valence-electron chi connectivity index (χ3n) is 8.12. The monoisotopic (exact) mass is 420 g/mol. The quantitative estimate of drug-likeness (QED) is 0.366. The van der Waals surface area contributed by atoms with Gasteiger partial charge in [0.1, 0.15) is 5.78 Å². The molecule has 5 rings (SSSR count). The maximum absolute atomic E-state index is 12.3. The maximum atomic E-state index is 12.3. The lowest BCUT2D eigenvalue weighted by Crippen LogP contribution is -2.51. The molecule has 8 nitrogen and oxygen atoms in total. The van der Waals surface area contributed by atoms with Gasteiger partial charge in [0.25, 0.3) is 5.91 Å². The Labute approximate surface area is 176 Å². The van der Waals surface area contributed by atoms with Crippen LogP contribution in [0, 0.1) is 51.0 Å². The molecule has 166 valence electrons. The molecule has 8 heteroatoms. The normalized spacial score (nSPS) is 39.2. The summed E-state index contributed by atoms with van der Waals surface area (Å²) in [6, 6.07) is 0. The second-order valence-electron chi connectivity index (χ2n) is 10.5. The molecule has 0 aromatic heterocycles. The van der Waals surface area contributed by atoms with E-state index in [1.807, 2.05) is 0 Å². The average molecular weight is 421 g/mol. The molecule has 0 unspecified atom stereocenters. The first-order valence-corrected chi connectivity index (χ1v) is 11.3. The van der Waals surface area contributed by atoms with Gasteiger partial charge in [-0.3, -0.25) is 24.5 Å². The van der Waals surface area contributed by atoms with Crippen LogP contribution in [0.5, 0.6) is 0 Å². The molecule has 5 aliphatic rings. The summed E-state index contributed by atoms with van der Waals surface area (Å²) in [5.74, 6) is 0.0888. The largest absolute Gasteiger partial charge is 0.456 e. The molecule has 1 amide bonds. The van der Waals surface area contributed by atoms with Crippen LogP contribution in [0.2, 0.25) is 0 Å². The van der Waals surface area contributed by atoms with Gasteiger partial charge in [-0.05, 0) is 67.6 Å². The van der Waals surface area contributed by atoms with Gasteiger partial charge in [-0.1, -0.05) is 6.92 Å². The summed E-state index contributed by atoms with van der Waals surface area (Å²) >= 11 is 0. The van der Waals surface area contributed by atoms with Crippen LogP contribution in [-0.2, 0) is 19.1 Å². The summed E-state index contributed by atoms with van der Waals surface area (Å²) in [6.07, 6.45) is 7.69. The number of nitrogens with zero attached hydrogens (tertiary/aromatic N) is 1. The fraction of sp³-hybridized carbons (Fsp3) is 0.864. The number of hydrogen-bond acceptors (Lipinski definition) is 6. The Morgan fingerprint density at radius 2 is 1.77 bits per heavy atom. The number of nitro groups is 1. The first-order valence-electron chi connectivity index (χ1n) is 11.3. The third-order valence-corrected chi connectivity index (χ3v) is 8.12. The smallest absolute Gasteiger partial charge is 0.307 e. The third kappa shape index (κ3) is 4.52. The van der Waals surface area contributed by atoms with E-state index in [2.05, 4.69) is 5.32 Å². The highest BCUT2D eigenvalue weighted by Crippen LogP contribution is 2.59. The Hall–Kier alpha value is -1.99. The number of hydrogen-bond donors (Lipinski definition) is 1. The minimum Gasteiger partial charge on any atom is -0.456 e. The zero-order valence-electron chi connectivity index (χ0n) is 17.6.